The van der Waals surface area contributed by atoms with Gasteiger partial charge in [-0.05, 0) is 42.0 Å². The maximum atomic E-state index is 12.9. The number of benzene rings is 1. The molecule has 1 saturated carbocycles. The molecule has 3 rings (SSSR count). The molecule has 3 nitrogen and oxygen atoms in total. The molecule has 1 aliphatic rings. The van der Waals surface area contributed by atoms with Crippen LogP contribution in [0.3, 0.4) is 0 Å². The summed E-state index contributed by atoms with van der Waals surface area (Å²) in [5, 5.41) is 9.88. The Hall–Kier alpha value is -2.08. The van der Waals surface area contributed by atoms with Crippen LogP contribution in [0.2, 0.25) is 5.02 Å². The molecular weight excluding hydrogens is 367 g/mol. The molecule has 0 radical (unpaired) electrons. The lowest BCUT2D eigenvalue weighted by Gasteiger charge is -2.21. The van der Waals surface area contributed by atoms with Crippen molar-refractivity contribution >= 4 is 17.6 Å². The first-order valence-corrected chi connectivity index (χ1v) is 8.70. The van der Waals surface area contributed by atoms with E-state index >= 15 is 0 Å². The van der Waals surface area contributed by atoms with E-state index in [9.17, 15) is 23.1 Å². The Kier molecular flexibility index (Phi) is 5.23. The van der Waals surface area contributed by atoms with E-state index in [0.29, 0.717) is 11.1 Å². The van der Waals surface area contributed by atoms with Crippen LogP contribution in [-0.4, -0.2) is 16.1 Å². The number of pyridine rings is 1. The summed E-state index contributed by atoms with van der Waals surface area (Å²) in [4.78, 5) is 15.4. The molecule has 1 aromatic heterocycles. The minimum Gasteiger partial charge on any atom is -0.481 e. The number of aliphatic carboxylic acids is 1. The molecule has 138 valence electrons. The number of hydrogen-bond acceptors (Lipinski definition) is 2. The van der Waals surface area contributed by atoms with Crippen molar-refractivity contribution in [1.82, 2.24) is 4.98 Å². The van der Waals surface area contributed by atoms with Gasteiger partial charge in [-0.2, -0.15) is 13.2 Å². The highest BCUT2D eigenvalue weighted by molar-refractivity contribution is 6.32. The zero-order chi connectivity index (χ0) is 18.9. The molecule has 0 amide bonds. The molecule has 1 atom stereocenters. The summed E-state index contributed by atoms with van der Waals surface area (Å²) in [6.07, 6.45) is 1.29. The normalized spacial score (nSPS) is 16.6. The highest BCUT2D eigenvalue weighted by atomic mass is 35.5. The number of rotatable bonds is 4. The van der Waals surface area contributed by atoms with Crippen LogP contribution in [0.4, 0.5) is 13.2 Å². The SMILES string of the molecule is O=C(O)[C@H](c1ccc(-c2cncc(C(F)(F)F)c2)cc1Cl)C1CCCC1. The molecule has 2 aromatic rings. The molecule has 0 spiro atoms. The molecule has 1 heterocycles. The first-order valence-electron chi connectivity index (χ1n) is 8.32. The molecule has 7 heteroatoms. The van der Waals surface area contributed by atoms with Gasteiger partial charge >= 0.3 is 12.1 Å². The zero-order valence-corrected chi connectivity index (χ0v) is 14.5. The first-order chi connectivity index (χ1) is 12.3. The number of halogens is 4. The van der Waals surface area contributed by atoms with Crippen LogP contribution < -0.4 is 0 Å². The molecule has 0 bridgehead atoms. The number of carboxylic acid groups (broad SMARTS) is 1. The van der Waals surface area contributed by atoms with E-state index in [-0.39, 0.29) is 16.5 Å². The van der Waals surface area contributed by atoms with Crippen LogP contribution >= 0.6 is 11.6 Å². The van der Waals surface area contributed by atoms with Gasteiger partial charge in [0.25, 0.3) is 0 Å². The standard InChI is InChI=1S/C19H17ClF3NO2/c20-16-8-12(13-7-14(10-24-9-13)19(21,22)23)5-6-15(16)17(18(25)26)11-3-1-2-4-11/h5-11,17H,1-4H2,(H,25,26)/t17-/m0/s1. The van der Waals surface area contributed by atoms with E-state index in [2.05, 4.69) is 4.98 Å². The molecule has 26 heavy (non-hydrogen) atoms. The van der Waals surface area contributed by atoms with Gasteiger partial charge in [-0.1, -0.05) is 36.6 Å². The van der Waals surface area contributed by atoms with Crippen molar-refractivity contribution in [3.05, 3.63) is 52.8 Å². The van der Waals surface area contributed by atoms with E-state index < -0.39 is 23.6 Å². The molecule has 1 aliphatic carbocycles. The Morgan fingerprint density at radius 1 is 1.15 bits per heavy atom. The quantitative estimate of drug-likeness (QED) is 0.728. The number of carbonyl (C=O) groups is 1. The predicted molar refractivity (Wildman–Crippen MR) is 92.0 cm³/mol. The van der Waals surface area contributed by atoms with Gasteiger partial charge in [0.05, 0.1) is 11.5 Å². The predicted octanol–water partition coefficient (Wildman–Crippen LogP) is 5.78. The fraction of sp³-hybridized carbons (Fsp3) is 0.368. The van der Waals surface area contributed by atoms with Crippen molar-refractivity contribution in [3.63, 3.8) is 0 Å². The van der Waals surface area contributed by atoms with Gasteiger partial charge in [-0.3, -0.25) is 9.78 Å². The van der Waals surface area contributed by atoms with E-state index in [1.165, 1.54) is 12.3 Å². The minimum atomic E-state index is -4.48. The van der Waals surface area contributed by atoms with Gasteiger partial charge in [0, 0.05) is 23.0 Å². The largest absolute Gasteiger partial charge is 0.481 e. The molecule has 1 N–H and O–H groups in total. The number of alkyl halides is 3. The Labute approximate surface area is 153 Å². The van der Waals surface area contributed by atoms with Crippen LogP contribution in [0.25, 0.3) is 11.1 Å². The Balaban J connectivity index is 1.96. The second kappa shape index (κ2) is 7.27. The summed E-state index contributed by atoms with van der Waals surface area (Å²) in [6, 6.07) is 5.72. The van der Waals surface area contributed by atoms with Crippen molar-refractivity contribution in [2.24, 2.45) is 5.92 Å². The zero-order valence-electron chi connectivity index (χ0n) is 13.8. The average Bonchev–Trinajstić information content (AvgIpc) is 3.09. The second-order valence-corrected chi connectivity index (χ2v) is 6.96. The third kappa shape index (κ3) is 3.85. The first kappa shape index (κ1) is 18.7. The fourth-order valence-corrected chi connectivity index (χ4v) is 3.89. The lowest BCUT2D eigenvalue weighted by Crippen LogP contribution is -2.20. The maximum Gasteiger partial charge on any atom is 0.417 e. The van der Waals surface area contributed by atoms with Crippen LogP contribution in [-0.2, 0) is 11.0 Å². The van der Waals surface area contributed by atoms with E-state index in [0.717, 1.165) is 37.9 Å². The van der Waals surface area contributed by atoms with E-state index in [1.54, 1.807) is 12.1 Å². The summed E-state index contributed by atoms with van der Waals surface area (Å²) in [7, 11) is 0. The van der Waals surface area contributed by atoms with Crippen molar-refractivity contribution < 1.29 is 23.1 Å². The van der Waals surface area contributed by atoms with Crippen LogP contribution in [0.5, 0.6) is 0 Å². The minimum absolute atomic E-state index is 0.0334. The van der Waals surface area contributed by atoms with Crippen LogP contribution in [0.15, 0.2) is 36.7 Å². The van der Waals surface area contributed by atoms with E-state index in [4.69, 9.17) is 11.6 Å². The van der Waals surface area contributed by atoms with Crippen LogP contribution in [0.1, 0.15) is 42.7 Å². The lowest BCUT2D eigenvalue weighted by molar-refractivity contribution is -0.140. The highest BCUT2D eigenvalue weighted by Crippen LogP contribution is 2.41. The molecule has 0 unspecified atom stereocenters. The molecular formula is C19H17ClF3NO2. The summed E-state index contributed by atoms with van der Waals surface area (Å²) >= 11 is 6.32. The van der Waals surface area contributed by atoms with Crippen molar-refractivity contribution in [2.75, 3.05) is 0 Å². The molecule has 1 aromatic carbocycles. The Morgan fingerprint density at radius 3 is 2.42 bits per heavy atom. The Bertz CT molecular complexity index is 817. The summed E-state index contributed by atoms with van der Waals surface area (Å²) in [5.41, 5.74) is 0.410. The van der Waals surface area contributed by atoms with Crippen LogP contribution in [0, 0.1) is 5.92 Å². The van der Waals surface area contributed by atoms with Gasteiger partial charge in [0.15, 0.2) is 0 Å². The summed E-state index contributed by atoms with van der Waals surface area (Å²) in [5.74, 6) is -1.59. The molecule has 0 saturated heterocycles. The van der Waals surface area contributed by atoms with Crippen molar-refractivity contribution in [2.45, 2.75) is 37.8 Å². The van der Waals surface area contributed by atoms with Gasteiger partial charge in [-0.25, -0.2) is 0 Å². The summed E-state index contributed by atoms with van der Waals surface area (Å²) < 4.78 is 38.6. The maximum absolute atomic E-state index is 12.9. The fourth-order valence-electron chi connectivity index (χ4n) is 3.59. The lowest BCUT2D eigenvalue weighted by atomic mass is 9.84. The van der Waals surface area contributed by atoms with Gasteiger partial charge in [-0.15, -0.1) is 0 Å². The number of carboxylic acids is 1. The van der Waals surface area contributed by atoms with Gasteiger partial charge in [0.2, 0.25) is 0 Å². The third-order valence-electron chi connectivity index (χ3n) is 4.87. The topological polar surface area (TPSA) is 50.2 Å². The van der Waals surface area contributed by atoms with Crippen molar-refractivity contribution in [1.29, 1.82) is 0 Å². The van der Waals surface area contributed by atoms with Gasteiger partial charge < -0.3 is 5.11 Å². The number of aromatic nitrogens is 1. The second-order valence-electron chi connectivity index (χ2n) is 6.56. The molecule has 1 fully saturated rings. The van der Waals surface area contributed by atoms with Gasteiger partial charge in [0.1, 0.15) is 0 Å². The summed E-state index contributed by atoms with van der Waals surface area (Å²) in [6.45, 7) is 0. The number of nitrogens with zero attached hydrogens (tertiary/aromatic N) is 1. The monoisotopic (exact) mass is 383 g/mol. The highest BCUT2D eigenvalue weighted by Gasteiger charge is 2.34. The van der Waals surface area contributed by atoms with Crippen molar-refractivity contribution in [3.8, 4) is 11.1 Å². The van der Waals surface area contributed by atoms with E-state index in [1.807, 2.05) is 0 Å². The Morgan fingerprint density at radius 2 is 1.85 bits per heavy atom. The average molecular weight is 384 g/mol. The smallest absolute Gasteiger partial charge is 0.417 e. The third-order valence-corrected chi connectivity index (χ3v) is 5.20. The number of hydrogen-bond donors (Lipinski definition) is 1. The molecule has 0 aliphatic heterocycles.